The molecule has 4 nitrogen and oxygen atoms in total. The molecule has 0 aliphatic heterocycles. The van der Waals surface area contributed by atoms with Gasteiger partial charge in [-0.1, -0.05) is 58.5 Å². The molecule has 0 radical (unpaired) electrons. The second-order valence-electron chi connectivity index (χ2n) is 3.84. The van der Waals surface area contributed by atoms with Gasteiger partial charge in [-0.25, -0.2) is 4.79 Å². The molecule has 0 spiro atoms. The number of aliphatic hydroxyl groups is 1. The molecule has 0 aromatic heterocycles. The molecule has 0 aliphatic rings. The largest absolute Gasteiger partial charge is 0.501 e. The maximum atomic E-state index is 12.1. The van der Waals surface area contributed by atoms with Gasteiger partial charge in [0, 0.05) is 5.02 Å². The van der Waals surface area contributed by atoms with Gasteiger partial charge in [0.25, 0.3) is 0 Å². The molecule has 0 unspecified atom stereocenters. The van der Waals surface area contributed by atoms with Crippen LogP contribution in [0.4, 0.5) is 0 Å². The molecule has 1 aromatic rings. The van der Waals surface area contributed by atoms with Gasteiger partial charge in [0.2, 0.25) is 5.76 Å². The lowest BCUT2D eigenvalue weighted by Crippen LogP contribution is -2.02. The van der Waals surface area contributed by atoms with Crippen molar-refractivity contribution in [3.05, 3.63) is 62.3 Å². The fourth-order valence-electron chi connectivity index (χ4n) is 1.37. The average Bonchev–Trinajstić information content (AvgIpc) is 2.45. The summed E-state index contributed by atoms with van der Waals surface area (Å²) in [5, 5.41) is 17.6. The third kappa shape index (κ3) is 5.07. The van der Waals surface area contributed by atoms with Crippen LogP contribution < -0.4 is 0 Å². The van der Waals surface area contributed by atoms with Gasteiger partial charge in [-0.2, -0.15) is 0 Å². The van der Waals surface area contributed by atoms with Crippen molar-refractivity contribution in [3.8, 4) is 0 Å². The molecule has 1 aromatic carbocycles. The van der Waals surface area contributed by atoms with Crippen LogP contribution in [0, 0.1) is 0 Å². The highest BCUT2D eigenvalue weighted by molar-refractivity contribution is 6.62. The lowest BCUT2D eigenvalue weighted by Gasteiger charge is -2.05. The van der Waals surface area contributed by atoms with Crippen LogP contribution in [0.25, 0.3) is 5.57 Å². The summed E-state index contributed by atoms with van der Waals surface area (Å²) in [4.78, 5) is 22.6. The first-order valence-corrected chi connectivity index (χ1v) is 7.11. The first-order valence-electron chi connectivity index (χ1n) is 5.59. The molecule has 0 aliphatic carbocycles. The van der Waals surface area contributed by atoms with Crippen LogP contribution in [0.2, 0.25) is 5.02 Å². The van der Waals surface area contributed by atoms with Gasteiger partial charge >= 0.3 is 5.97 Å². The van der Waals surface area contributed by atoms with Crippen molar-refractivity contribution in [2.24, 2.45) is 0 Å². The van der Waals surface area contributed by atoms with Crippen LogP contribution in [0.3, 0.4) is 0 Å². The van der Waals surface area contributed by atoms with E-state index in [1.165, 1.54) is 0 Å². The standard InChI is InChI=1S/C14H8Cl4O4/c15-8-3-1-7(2-4-8)11(13(17)18)10(19)6-5-9(16)12(20)14(21)22/h1-6,20H,(H,21,22)/b6-5-,12-9-. The Morgan fingerprint density at radius 3 is 1.95 bits per heavy atom. The monoisotopic (exact) mass is 380 g/mol. The van der Waals surface area contributed by atoms with Crippen LogP contribution in [-0.4, -0.2) is 22.0 Å². The predicted octanol–water partition coefficient (Wildman–Crippen LogP) is 4.70. The molecule has 116 valence electrons. The van der Waals surface area contributed by atoms with Crippen molar-refractivity contribution in [2.75, 3.05) is 0 Å². The highest BCUT2D eigenvalue weighted by atomic mass is 35.5. The van der Waals surface area contributed by atoms with Gasteiger partial charge in [-0.15, -0.1) is 0 Å². The Morgan fingerprint density at radius 2 is 1.50 bits per heavy atom. The summed E-state index contributed by atoms with van der Waals surface area (Å²) >= 11 is 22.7. The van der Waals surface area contributed by atoms with Gasteiger partial charge in [-0.05, 0) is 29.8 Å². The summed E-state index contributed by atoms with van der Waals surface area (Å²) in [6.07, 6.45) is 1.87. The number of benzene rings is 1. The van der Waals surface area contributed by atoms with Crippen molar-refractivity contribution < 1.29 is 19.8 Å². The highest BCUT2D eigenvalue weighted by Gasteiger charge is 2.15. The number of carboxylic acid groups (broad SMARTS) is 1. The minimum absolute atomic E-state index is 0.0180. The molecule has 0 saturated carbocycles. The molecule has 22 heavy (non-hydrogen) atoms. The van der Waals surface area contributed by atoms with E-state index < -0.39 is 22.5 Å². The topological polar surface area (TPSA) is 74.6 Å². The highest BCUT2D eigenvalue weighted by Crippen LogP contribution is 2.27. The predicted molar refractivity (Wildman–Crippen MR) is 87.4 cm³/mol. The van der Waals surface area contributed by atoms with E-state index in [9.17, 15) is 9.59 Å². The fraction of sp³-hybridized carbons (Fsp3) is 0. The number of rotatable bonds is 5. The number of hydrogen-bond acceptors (Lipinski definition) is 3. The number of carboxylic acids is 1. The number of ketones is 1. The van der Waals surface area contributed by atoms with Crippen molar-refractivity contribution in [1.82, 2.24) is 0 Å². The number of aliphatic carboxylic acids is 1. The summed E-state index contributed by atoms with van der Waals surface area (Å²) in [7, 11) is 0. The Kier molecular flexibility index (Phi) is 6.97. The number of aliphatic hydroxyl groups excluding tert-OH is 1. The molecule has 0 bridgehead atoms. The molecular weight excluding hydrogens is 374 g/mol. The zero-order valence-corrected chi connectivity index (χ0v) is 13.7. The lowest BCUT2D eigenvalue weighted by atomic mass is 10.0. The van der Waals surface area contributed by atoms with Crippen molar-refractivity contribution >= 4 is 63.7 Å². The molecule has 0 fully saturated rings. The van der Waals surface area contributed by atoms with E-state index >= 15 is 0 Å². The normalized spacial score (nSPS) is 12.0. The molecule has 0 atom stereocenters. The third-order valence-corrected chi connectivity index (χ3v) is 3.31. The van der Waals surface area contributed by atoms with Crippen LogP contribution >= 0.6 is 46.4 Å². The Bertz CT molecular complexity index is 683. The Labute approximate surface area is 145 Å². The smallest absolute Gasteiger partial charge is 0.372 e. The number of carbonyl (C=O) groups is 2. The number of carbonyl (C=O) groups excluding carboxylic acids is 1. The summed E-state index contributed by atoms with van der Waals surface area (Å²) in [5.74, 6) is -3.33. The summed E-state index contributed by atoms with van der Waals surface area (Å²) in [6.45, 7) is 0. The third-order valence-electron chi connectivity index (χ3n) is 2.38. The van der Waals surface area contributed by atoms with E-state index in [1.54, 1.807) is 24.3 Å². The maximum Gasteiger partial charge on any atom is 0.372 e. The summed E-state index contributed by atoms with van der Waals surface area (Å²) in [6, 6.07) is 6.18. The van der Waals surface area contributed by atoms with Crippen LogP contribution in [-0.2, 0) is 9.59 Å². The minimum atomic E-state index is -1.62. The first kappa shape index (κ1) is 18.6. The van der Waals surface area contributed by atoms with Gasteiger partial charge in [-0.3, -0.25) is 4.79 Å². The van der Waals surface area contributed by atoms with E-state index in [2.05, 4.69) is 0 Å². The van der Waals surface area contributed by atoms with Gasteiger partial charge in [0.15, 0.2) is 5.78 Å². The van der Waals surface area contributed by atoms with Crippen LogP contribution in [0.1, 0.15) is 5.56 Å². The molecule has 0 amide bonds. The molecule has 1 rings (SSSR count). The van der Waals surface area contributed by atoms with E-state index in [-0.39, 0.29) is 10.1 Å². The second kappa shape index (κ2) is 8.25. The van der Waals surface area contributed by atoms with Gasteiger partial charge in [0.05, 0.1) is 10.6 Å². The summed E-state index contributed by atoms with van der Waals surface area (Å²) < 4.78 is -0.278. The van der Waals surface area contributed by atoms with Crippen molar-refractivity contribution in [3.63, 3.8) is 0 Å². The Hall–Kier alpha value is -1.46. The fourth-order valence-corrected chi connectivity index (χ4v) is 2.05. The van der Waals surface area contributed by atoms with E-state index in [4.69, 9.17) is 56.6 Å². The minimum Gasteiger partial charge on any atom is -0.501 e. The second-order valence-corrected chi connectivity index (χ2v) is 5.63. The van der Waals surface area contributed by atoms with E-state index in [1.807, 2.05) is 0 Å². The SMILES string of the molecule is O=C(/C=C\C(Cl)=C(\O)C(=O)O)C(=C(Cl)Cl)c1ccc(Cl)cc1. The molecule has 0 saturated heterocycles. The molecule has 8 heteroatoms. The Balaban J connectivity index is 3.13. The van der Waals surface area contributed by atoms with Crippen LogP contribution in [0.5, 0.6) is 0 Å². The van der Waals surface area contributed by atoms with Gasteiger partial charge < -0.3 is 10.2 Å². The maximum absolute atomic E-state index is 12.1. The molecule has 2 N–H and O–H groups in total. The zero-order valence-electron chi connectivity index (χ0n) is 10.7. The average molecular weight is 382 g/mol. The van der Waals surface area contributed by atoms with Crippen LogP contribution in [0.15, 0.2) is 51.7 Å². The van der Waals surface area contributed by atoms with E-state index in [0.29, 0.717) is 10.6 Å². The molecule has 0 heterocycles. The quantitative estimate of drug-likeness (QED) is 0.440. The van der Waals surface area contributed by atoms with Crippen molar-refractivity contribution in [1.29, 1.82) is 0 Å². The number of halogens is 4. The number of hydrogen-bond donors (Lipinski definition) is 2. The van der Waals surface area contributed by atoms with Crippen molar-refractivity contribution in [2.45, 2.75) is 0 Å². The molecular formula is C14H8Cl4O4. The van der Waals surface area contributed by atoms with E-state index in [0.717, 1.165) is 12.2 Å². The number of allylic oxidation sites excluding steroid dienone is 4. The van der Waals surface area contributed by atoms with Gasteiger partial charge in [0.1, 0.15) is 4.49 Å². The zero-order chi connectivity index (χ0) is 16.9. The lowest BCUT2D eigenvalue weighted by molar-refractivity contribution is -0.135. The summed E-state index contributed by atoms with van der Waals surface area (Å²) in [5.41, 5.74) is 0.400. The Morgan fingerprint density at radius 1 is 0.955 bits per heavy atom. The first-order chi connectivity index (χ1) is 10.2.